The maximum atomic E-state index is 14.8. The van der Waals surface area contributed by atoms with Crippen molar-refractivity contribution in [2.45, 2.75) is 38.1 Å². The lowest BCUT2D eigenvalue weighted by atomic mass is 9.87. The molecule has 2 aliphatic rings. The average molecular weight is 262 g/mol. The van der Waals surface area contributed by atoms with Crippen molar-refractivity contribution < 1.29 is 4.39 Å². The molecule has 1 fully saturated rings. The van der Waals surface area contributed by atoms with Gasteiger partial charge in [0.2, 0.25) is 0 Å². The predicted octanol–water partition coefficient (Wildman–Crippen LogP) is 2.66. The first-order valence-corrected chi connectivity index (χ1v) is 7.41. The van der Waals surface area contributed by atoms with Gasteiger partial charge in [-0.1, -0.05) is 12.1 Å². The normalized spacial score (nSPS) is 27.5. The molecule has 1 aliphatic carbocycles. The molecule has 0 radical (unpaired) electrons. The van der Waals surface area contributed by atoms with Crippen molar-refractivity contribution in [3.63, 3.8) is 0 Å². The van der Waals surface area contributed by atoms with Crippen LogP contribution in [0.2, 0.25) is 0 Å². The van der Waals surface area contributed by atoms with Gasteiger partial charge in [-0.15, -0.1) is 0 Å². The molecule has 2 nitrogen and oxygen atoms in total. The van der Waals surface area contributed by atoms with E-state index in [9.17, 15) is 4.39 Å². The Balaban J connectivity index is 1.93. The fraction of sp³-hybridized carbons (Fsp3) is 0.625. The Kier molecular flexibility index (Phi) is 3.59. The minimum Gasteiger partial charge on any atom is -0.330 e. The molecule has 2 N–H and O–H groups in total. The lowest BCUT2D eigenvalue weighted by molar-refractivity contribution is 0.306. The van der Waals surface area contributed by atoms with Gasteiger partial charge in [0.05, 0.1) is 0 Å². The van der Waals surface area contributed by atoms with Crippen molar-refractivity contribution in [1.29, 1.82) is 0 Å². The minimum atomic E-state index is 0.0618. The number of halogens is 1. The van der Waals surface area contributed by atoms with Crippen LogP contribution in [-0.2, 0) is 12.8 Å². The summed E-state index contributed by atoms with van der Waals surface area (Å²) in [5, 5.41) is 0. The molecular weight excluding hydrogens is 239 g/mol. The first-order chi connectivity index (χ1) is 9.20. The summed E-state index contributed by atoms with van der Waals surface area (Å²) in [7, 11) is 2.08. The number of likely N-dealkylation sites (tertiary alicyclic amines) is 1. The van der Waals surface area contributed by atoms with Crippen LogP contribution in [0.5, 0.6) is 0 Å². The van der Waals surface area contributed by atoms with Crippen molar-refractivity contribution in [3.8, 4) is 0 Å². The molecule has 1 heterocycles. The van der Waals surface area contributed by atoms with E-state index in [0.29, 0.717) is 12.5 Å². The van der Waals surface area contributed by atoms with Gasteiger partial charge >= 0.3 is 0 Å². The highest BCUT2D eigenvalue weighted by atomic mass is 19.1. The molecule has 0 spiro atoms. The van der Waals surface area contributed by atoms with E-state index in [1.54, 1.807) is 0 Å². The molecule has 104 valence electrons. The van der Waals surface area contributed by atoms with Crippen LogP contribution in [0.1, 0.15) is 42.0 Å². The molecule has 1 saturated heterocycles. The Morgan fingerprint density at radius 1 is 1.32 bits per heavy atom. The van der Waals surface area contributed by atoms with Crippen molar-refractivity contribution in [1.82, 2.24) is 4.90 Å². The Bertz CT molecular complexity index is 472. The first-order valence-electron chi connectivity index (χ1n) is 7.41. The third-order valence-corrected chi connectivity index (χ3v) is 4.82. The molecular formula is C16H23FN2. The summed E-state index contributed by atoms with van der Waals surface area (Å²) in [6.07, 6.45) is 5.26. The van der Waals surface area contributed by atoms with Gasteiger partial charge in [-0.25, -0.2) is 4.39 Å². The minimum absolute atomic E-state index is 0.0618. The van der Waals surface area contributed by atoms with Gasteiger partial charge in [0.15, 0.2) is 0 Å². The Labute approximate surface area is 114 Å². The van der Waals surface area contributed by atoms with E-state index in [1.807, 2.05) is 6.07 Å². The molecule has 3 rings (SSSR count). The highest BCUT2D eigenvalue weighted by Crippen LogP contribution is 2.37. The number of benzene rings is 1. The molecule has 19 heavy (non-hydrogen) atoms. The van der Waals surface area contributed by atoms with Crippen LogP contribution in [0.15, 0.2) is 12.1 Å². The number of hydrogen-bond acceptors (Lipinski definition) is 2. The second-order valence-corrected chi connectivity index (χ2v) is 6.11. The van der Waals surface area contributed by atoms with Gasteiger partial charge in [0, 0.05) is 18.2 Å². The molecule has 0 saturated carbocycles. The maximum absolute atomic E-state index is 14.8. The van der Waals surface area contributed by atoms with Gasteiger partial charge in [-0.2, -0.15) is 0 Å². The smallest absolute Gasteiger partial charge is 0.131 e. The number of fused-ring (bicyclic) bond motifs is 1. The topological polar surface area (TPSA) is 29.3 Å². The van der Waals surface area contributed by atoms with Gasteiger partial charge in [0.25, 0.3) is 0 Å². The standard InChI is InChI=1S/C16H23FN2/c1-19-10-11(9-18)8-15(19)14-7-6-12-4-2-3-5-13(12)16(14)17/h6-7,11,15H,2-5,8-10,18H2,1H3. The second kappa shape index (κ2) is 5.22. The highest BCUT2D eigenvalue weighted by Gasteiger charge is 2.32. The van der Waals surface area contributed by atoms with Crippen LogP contribution in [0.3, 0.4) is 0 Å². The van der Waals surface area contributed by atoms with E-state index in [4.69, 9.17) is 5.73 Å². The lowest BCUT2D eigenvalue weighted by Crippen LogP contribution is -2.21. The van der Waals surface area contributed by atoms with Gasteiger partial charge < -0.3 is 5.73 Å². The molecule has 2 unspecified atom stereocenters. The predicted molar refractivity (Wildman–Crippen MR) is 75.6 cm³/mol. The second-order valence-electron chi connectivity index (χ2n) is 6.11. The van der Waals surface area contributed by atoms with Crippen LogP contribution in [0.25, 0.3) is 0 Å². The van der Waals surface area contributed by atoms with Crippen LogP contribution >= 0.6 is 0 Å². The van der Waals surface area contributed by atoms with Gasteiger partial charge in [0.1, 0.15) is 5.82 Å². The summed E-state index contributed by atoms with van der Waals surface area (Å²) in [6, 6.07) is 4.37. The van der Waals surface area contributed by atoms with Crippen LogP contribution < -0.4 is 5.73 Å². The number of nitrogens with zero attached hydrogens (tertiary/aromatic N) is 1. The number of aryl methyl sites for hydroxylation is 1. The molecule has 0 amide bonds. The van der Waals surface area contributed by atoms with Crippen molar-refractivity contribution in [2.24, 2.45) is 11.7 Å². The fourth-order valence-electron chi connectivity index (χ4n) is 3.70. The largest absolute Gasteiger partial charge is 0.330 e. The molecule has 1 aromatic rings. The zero-order chi connectivity index (χ0) is 13.4. The first kappa shape index (κ1) is 13.1. The van der Waals surface area contributed by atoms with Crippen molar-refractivity contribution in [3.05, 3.63) is 34.6 Å². The summed E-state index contributed by atoms with van der Waals surface area (Å²) in [5.41, 5.74) is 8.86. The van der Waals surface area contributed by atoms with Crippen LogP contribution in [-0.4, -0.2) is 25.0 Å². The van der Waals surface area contributed by atoms with E-state index in [-0.39, 0.29) is 11.9 Å². The van der Waals surface area contributed by atoms with Crippen LogP contribution in [0, 0.1) is 11.7 Å². The highest BCUT2D eigenvalue weighted by molar-refractivity contribution is 5.37. The number of nitrogens with two attached hydrogens (primary N) is 1. The van der Waals surface area contributed by atoms with E-state index in [0.717, 1.165) is 43.4 Å². The monoisotopic (exact) mass is 262 g/mol. The number of rotatable bonds is 2. The Morgan fingerprint density at radius 2 is 2.11 bits per heavy atom. The lowest BCUT2D eigenvalue weighted by Gasteiger charge is -2.24. The van der Waals surface area contributed by atoms with Crippen molar-refractivity contribution >= 4 is 0 Å². The third kappa shape index (κ3) is 2.30. The SMILES string of the molecule is CN1CC(CN)CC1c1ccc2c(c1F)CCCC2. The maximum Gasteiger partial charge on any atom is 0.131 e. The molecule has 1 aliphatic heterocycles. The molecule has 2 atom stereocenters. The van der Waals surface area contributed by atoms with Crippen molar-refractivity contribution in [2.75, 3.05) is 20.1 Å². The van der Waals surface area contributed by atoms with Gasteiger partial charge in [-0.3, -0.25) is 4.90 Å². The summed E-state index contributed by atoms with van der Waals surface area (Å²) in [6.45, 7) is 1.69. The summed E-state index contributed by atoms with van der Waals surface area (Å²) >= 11 is 0. The summed E-state index contributed by atoms with van der Waals surface area (Å²) < 4.78 is 14.8. The quantitative estimate of drug-likeness (QED) is 0.888. The number of hydrogen-bond donors (Lipinski definition) is 1. The summed E-state index contributed by atoms with van der Waals surface area (Å²) in [5.74, 6) is 0.567. The Hall–Kier alpha value is -0.930. The van der Waals surface area contributed by atoms with E-state index >= 15 is 0 Å². The van der Waals surface area contributed by atoms with E-state index in [2.05, 4.69) is 18.0 Å². The Morgan fingerprint density at radius 3 is 2.84 bits per heavy atom. The zero-order valence-electron chi connectivity index (χ0n) is 11.7. The summed E-state index contributed by atoms with van der Waals surface area (Å²) in [4.78, 5) is 2.26. The van der Waals surface area contributed by atoms with E-state index < -0.39 is 0 Å². The zero-order valence-corrected chi connectivity index (χ0v) is 11.7. The molecule has 3 heteroatoms. The third-order valence-electron chi connectivity index (χ3n) is 4.82. The molecule has 0 aromatic heterocycles. The van der Waals surface area contributed by atoms with Crippen LogP contribution in [0.4, 0.5) is 4.39 Å². The molecule has 1 aromatic carbocycles. The molecule has 0 bridgehead atoms. The fourth-order valence-corrected chi connectivity index (χ4v) is 3.70. The average Bonchev–Trinajstić information content (AvgIpc) is 2.81. The van der Waals surface area contributed by atoms with Gasteiger partial charge in [-0.05, 0) is 62.7 Å². The van der Waals surface area contributed by atoms with E-state index in [1.165, 1.54) is 12.0 Å².